The molecule has 1 aliphatic heterocycles. The predicted octanol–water partition coefficient (Wildman–Crippen LogP) is -1.54. The van der Waals surface area contributed by atoms with Crippen LogP contribution in [0.2, 0.25) is 0 Å². The normalized spacial score (nSPS) is 22.2. The highest BCUT2D eigenvalue weighted by Gasteiger charge is 2.37. The molecule has 0 amide bonds. The SMILES string of the molecule is C#Cc1cn([C@@H]2OC(CO)=C(O)C2O)c(=O)nc1N. The van der Waals surface area contributed by atoms with Crippen LogP contribution in [0.5, 0.6) is 0 Å². The van der Waals surface area contributed by atoms with E-state index in [9.17, 15) is 15.0 Å². The summed E-state index contributed by atoms with van der Waals surface area (Å²) in [6.07, 6.45) is 3.62. The minimum Gasteiger partial charge on any atom is -0.506 e. The van der Waals surface area contributed by atoms with Gasteiger partial charge in [-0.1, -0.05) is 5.92 Å². The van der Waals surface area contributed by atoms with Crippen LogP contribution in [0.15, 0.2) is 22.5 Å². The quantitative estimate of drug-likeness (QED) is 0.476. The topological polar surface area (TPSA) is 131 Å². The molecule has 0 bridgehead atoms. The number of anilines is 1. The van der Waals surface area contributed by atoms with Crippen molar-refractivity contribution in [3.05, 3.63) is 33.8 Å². The molecular weight excluding hydrogens is 254 g/mol. The van der Waals surface area contributed by atoms with E-state index in [1.165, 1.54) is 6.20 Å². The zero-order chi connectivity index (χ0) is 14.2. The molecule has 1 aromatic rings. The highest BCUT2D eigenvalue weighted by molar-refractivity contribution is 5.47. The molecular formula is C11H11N3O5. The van der Waals surface area contributed by atoms with E-state index >= 15 is 0 Å². The number of ether oxygens (including phenoxy) is 1. The second kappa shape index (κ2) is 4.64. The highest BCUT2D eigenvalue weighted by atomic mass is 16.5. The summed E-state index contributed by atoms with van der Waals surface area (Å²) in [5.74, 6) is 1.35. The molecule has 1 aromatic heterocycles. The minimum absolute atomic E-state index is 0.115. The van der Waals surface area contributed by atoms with E-state index in [0.717, 1.165) is 4.57 Å². The van der Waals surface area contributed by atoms with Crippen LogP contribution in [0.25, 0.3) is 0 Å². The number of aromatic nitrogens is 2. The third kappa shape index (κ3) is 2.01. The molecule has 0 aliphatic carbocycles. The summed E-state index contributed by atoms with van der Waals surface area (Å²) in [6.45, 7) is -0.613. The van der Waals surface area contributed by atoms with E-state index in [-0.39, 0.29) is 17.1 Å². The zero-order valence-corrected chi connectivity index (χ0v) is 9.65. The van der Waals surface area contributed by atoms with Crippen molar-refractivity contribution in [3.63, 3.8) is 0 Å². The van der Waals surface area contributed by atoms with E-state index in [1.807, 2.05) is 0 Å². The molecule has 0 saturated heterocycles. The van der Waals surface area contributed by atoms with Gasteiger partial charge in [-0.05, 0) is 0 Å². The molecule has 2 atom stereocenters. The van der Waals surface area contributed by atoms with Gasteiger partial charge in [0.1, 0.15) is 12.4 Å². The molecule has 0 aromatic carbocycles. The van der Waals surface area contributed by atoms with Crippen LogP contribution >= 0.6 is 0 Å². The average molecular weight is 265 g/mol. The van der Waals surface area contributed by atoms with Gasteiger partial charge in [-0.15, -0.1) is 6.42 Å². The number of hydrogen-bond donors (Lipinski definition) is 4. The maximum Gasteiger partial charge on any atom is 0.352 e. The van der Waals surface area contributed by atoms with E-state index in [0.29, 0.717) is 0 Å². The van der Waals surface area contributed by atoms with Crippen LogP contribution in [0, 0.1) is 12.3 Å². The van der Waals surface area contributed by atoms with E-state index < -0.39 is 30.4 Å². The summed E-state index contributed by atoms with van der Waals surface area (Å²) in [6, 6.07) is 0. The van der Waals surface area contributed by atoms with Gasteiger partial charge in [-0.3, -0.25) is 4.57 Å². The molecule has 2 rings (SSSR count). The Bertz CT molecular complexity index is 643. The van der Waals surface area contributed by atoms with Crippen LogP contribution in [-0.2, 0) is 4.74 Å². The van der Waals surface area contributed by atoms with Crippen molar-refractivity contribution in [1.82, 2.24) is 9.55 Å². The number of nitrogens with zero attached hydrogens (tertiary/aromatic N) is 2. The number of aliphatic hydroxyl groups is 3. The first kappa shape index (κ1) is 12.9. The standard InChI is InChI=1S/C11H11N3O5/c1-2-5-3-14(11(18)13-9(5)12)10-8(17)7(16)6(4-15)19-10/h1,3,8,10,15-17H,4H2,(H2,12,13,18)/t8?,10-/m1/s1. The lowest BCUT2D eigenvalue weighted by Gasteiger charge is -2.18. The van der Waals surface area contributed by atoms with Crippen molar-refractivity contribution >= 4 is 5.82 Å². The van der Waals surface area contributed by atoms with Crippen LogP contribution in [-0.4, -0.2) is 37.6 Å². The van der Waals surface area contributed by atoms with Gasteiger partial charge in [-0.25, -0.2) is 4.79 Å². The first-order chi connectivity index (χ1) is 8.99. The molecule has 100 valence electrons. The molecule has 0 spiro atoms. The second-order valence-electron chi connectivity index (χ2n) is 3.79. The summed E-state index contributed by atoms with van der Waals surface area (Å²) in [5, 5.41) is 28.2. The Morgan fingerprint density at radius 3 is 2.84 bits per heavy atom. The third-order valence-electron chi connectivity index (χ3n) is 2.65. The number of nitrogen functional groups attached to an aromatic ring is 1. The number of terminal acetylenes is 1. The van der Waals surface area contributed by atoms with Crippen LogP contribution in [0.1, 0.15) is 11.8 Å². The Labute approximate surface area is 107 Å². The number of rotatable bonds is 2. The lowest BCUT2D eigenvalue weighted by Crippen LogP contribution is -2.33. The minimum atomic E-state index is -1.50. The van der Waals surface area contributed by atoms with Crippen LogP contribution < -0.4 is 11.4 Å². The number of nitrogens with two attached hydrogens (primary N) is 1. The number of aliphatic hydroxyl groups excluding tert-OH is 3. The van der Waals surface area contributed by atoms with Crippen molar-refractivity contribution in [2.45, 2.75) is 12.3 Å². The lowest BCUT2D eigenvalue weighted by molar-refractivity contribution is -0.0171. The fourth-order valence-electron chi connectivity index (χ4n) is 1.67. The third-order valence-corrected chi connectivity index (χ3v) is 2.65. The molecule has 0 radical (unpaired) electrons. The maximum absolute atomic E-state index is 11.7. The van der Waals surface area contributed by atoms with Gasteiger partial charge in [0.25, 0.3) is 0 Å². The lowest BCUT2D eigenvalue weighted by atomic mass is 10.2. The Hall–Kier alpha value is -2.50. The molecule has 0 saturated carbocycles. The first-order valence-electron chi connectivity index (χ1n) is 5.22. The van der Waals surface area contributed by atoms with Crippen molar-refractivity contribution in [2.75, 3.05) is 12.3 Å². The van der Waals surface area contributed by atoms with Crippen LogP contribution in [0.3, 0.4) is 0 Å². The molecule has 2 heterocycles. The van der Waals surface area contributed by atoms with Gasteiger partial charge in [-0.2, -0.15) is 4.98 Å². The summed E-state index contributed by atoms with van der Waals surface area (Å²) in [4.78, 5) is 15.2. The predicted molar refractivity (Wildman–Crippen MR) is 63.7 cm³/mol. The summed E-state index contributed by atoms with van der Waals surface area (Å²) in [5.41, 5.74) is 4.79. The van der Waals surface area contributed by atoms with E-state index in [1.54, 1.807) is 0 Å². The van der Waals surface area contributed by atoms with Crippen molar-refractivity contribution < 1.29 is 20.1 Å². The van der Waals surface area contributed by atoms with Crippen molar-refractivity contribution in [2.24, 2.45) is 0 Å². The second-order valence-corrected chi connectivity index (χ2v) is 3.79. The fourth-order valence-corrected chi connectivity index (χ4v) is 1.67. The summed E-state index contributed by atoms with van der Waals surface area (Å²) >= 11 is 0. The van der Waals surface area contributed by atoms with Gasteiger partial charge >= 0.3 is 5.69 Å². The van der Waals surface area contributed by atoms with Gasteiger partial charge in [0.05, 0.1) is 5.56 Å². The van der Waals surface area contributed by atoms with Crippen molar-refractivity contribution in [3.8, 4) is 12.3 Å². The Morgan fingerprint density at radius 1 is 1.63 bits per heavy atom. The molecule has 1 aliphatic rings. The van der Waals surface area contributed by atoms with Crippen LogP contribution in [0.4, 0.5) is 5.82 Å². The summed E-state index contributed by atoms with van der Waals surface area (Å²) < 4.78 is 5.98. The largest absolute Gasteiger partial charge is 0.506 e. The smallest absolute Gasteiger partial charge is 0.352 e. The van der Waals surface area contributed by atoms with E-state index in [2.05, 4.69) is 10.9 Å². The molecule has 8 heteroatoms. The molecule has 8 nitrogen and oxygen atoms in total. The van der Waals surface area contributed by atoms with Gasteiger partial charge in [0.2, 0.25) is 6.23 Å². The maximum atomic E-state index is 11.7. The van der Waals surface area contributed by atoms with Gasteiger partial charge in [0.15, 0.2) is 17.6 Å². The molecule has 1 unspecified atom stereocenters. The average Bonchev–Trinajstić information content (AvgIpc) is 2.67. The fraction of sp³-hybridized carbons (Fsp3) is 0.273. The molecule has 19 heavy (non-hydrogen) atoms. The number of hydrogen-bond acceptors (Lipinski definition) is 7. The zero-order valence-electron chi connectivity index (χ0n) is 9.65. The molecule has 0 fully saturated rings. The Balaban J connectivity index is 2.46. The first-order valence-corrected chi connectivity index (χ1v) is 5.22. The van der Waals surface area contributed by atoms with Crippen molar-refractivity contribution in [1.29, 1.82) is 0 Å². The van der Waals surface area contributed by atoms with Gasteiger partial charge in [0, 0.05) is 6.20 Å². The van der Waals surface area contributed by atoms with Gasteiger partial charge < -0.3 is 25.8 Å². The highest BCUT2D eigenvalue weighted by Crippen LogP contribution is 2.30. The Kier molecular flexibility index (Phi) is 3.16. The monoisotopic (exact) mass is 265 g/mol. The summed E-state index contributed by atoms with van der Waals surface area (Å²) in [7, 11) is 0. The molecule has 5 N–H and O–H groups in total. The van der Waals surface area contributed by atoms with E-state index in [4.69, 9.17) is 22.0 Å². The Morgan fingerprint density at radius 2 is 2.32 bits per heavy atom.